The summed E-state index contributed by atoms with van der Waals surface area (Å²) in [6, 6.07) is 33.5. The Kier molecular flexibility index (Phi) is 8.16. The highest BCUT2D eigenvalue weighted by atomic mass is 32.3. The van der Waals surface area contributed by atoms with E-state index in [1.54, 1.807) is 0 Å². The van der Waals surface area contributed by atoms with Crippen LogP contribution in [0.3, 0.4) is 0 Å². The third-order valence-electron chi connectivity index (χ3n) is 7.45. The fraction of sp³-hybridized carbons (Fsp3) is 0.333. The molecule has 0 aliphatic rings. The van der Waals surface area contributed by atoms with Gasteiger partial charge < -0.3 is 0 Å². The summed E-state index contributed by atoms with van der Waals surface area (Å²) in [5, 5.41) is 0. The molecule has 0 bridgehead atoms. The maximum Gasteiger partial charge on any atom is 0.295 e. The topological polar surface area (TPSA) is 54.4 Å². The highest BCUT2D eigenvalue weighted by molar-refractivity contribution is 8.34. The van der Waals surface area contributed by atoms with Crippen molar-refractivity contribution < 1.29 is 13.0 Å². The zero-order valence-corrected chi connectivity index (χ0v) is 27.5. The van der Waals surface area contributed by atoms with E-state index in [2.05, 4.69) is 120 Å². The van der Waals surface area contributed by atoms with Crippen LogP contribution in [0.1, 0.15) is 79.0 Å². The normalized spacial score (nSPS) is 13.7. The molecule has 0 saturated carbocycles. The van der Waals surface area contributed by atoms with Crippen molar-refractivity contribution in [2.75, 3.05) is 0 Å². The Hall–Kier alpha value is -2.86. The Morgan fingerprint density at radius 2 is 0.805 bits per heavy atom. The van der Waals surface area contributed by atoms with Gasteiger partial charge in [0.2, 0.25) is 0 Å². The Morgan fingerprint density at radius 1 is 0.488 bits per heavy atom. The smallest absolute Gasteiger partial charge is 0.282 e. The van der Waals surface area contributed by atoms with E-state index in [9.17, 15) is 13.0 Å². The molecule has 0 fully saturated rings. The van der Waals surface area contributed by atoms with Crippen LogP contribution in [0.25, 0.3) is 0 Å². The van der Waals surface area contributed by atoms with Crippen molar-refractivity contribution in [3.63, 3.8) is 0 Å². The van der Waals surface area contributed by atoms with Crippen LogP contribution in [-0.2, 0) is 26.4 Å². The van der Waals surface area contributed by atoms with Gasteiger partial charge in [-0.3, -0.25) is 4.55 Å². The molecular formula is C36H44O3S2. The molecule has 1 N–H and O–H groups in total. The van der Waals surface area contributed by atoms with E-state index in [-0.39, 0.29) is 10.3 Å². The van der Waals surface area contributed by atoms with Crippen molar-refractivity contribution in [3.05, 3.63) is 114 Å². The maximum absolute atomic E-state index is 13.6. The molecule has 0 spiro atoms. The number of hydrogen-bond acceptors (Lipinski definition) is 2. The van der Waals surface area contributed by atoms with Gasteiger partial charge in [0.25, 0.3) is 10.1 Å². The van der Waals surface area contributed by atoms with Gasteiger partial charge in [0.1, 0.15) is 4.90 Å². The van der Waals surface area contributed by atoms with Crippen molar-refractivity contribution in [1.29, 1.82) is 0 Å². The first-order valence-electron chi connectivity index (χ1n) is 14.1. The van der Waals surface area contributed by atoms with E-state index in [0.717, 1.165) is 25.1 Å². The van der Waals surface area contributed by atoms with Crippen molar-refractivity contribution in [2.24, 2.45) is 0 Å². The van der Waals surface area contributed by atoms with Crippen molar-refractivity contribution in [2.45, 2.75) is 103 Å². The van der Waals surface area contributed by atoms with Crippen LogP contribution in [0.5, 0.6) is 0 Å². The Morgan fingerprint density at radius 3 is 1.07 bits per heavy atom. The highest BCUT2D eigenvalue weighted by Crippen LogP contribution is 2.76. The fourth-order valence-electron chi connectivity index (χ4n) is 5.66. The lowest BCUT2D eigenvalue weighted by Gasteiger charge is -2.48. The minimum Gasteiger partial charge on any atom is -0.282 e. The van der Waals surface area contributed by atoms with Crippen molar-refractivity contribution >= 4 is 20.1 Å². The Bertz CT molecular complexity index is 1520. The average molecular weight is 589 g/mol. The molecule has 4 rings (SSSR count). The Balaban J connectivity index is 2.51. The average Bonchev–Trinajstić information content (AvgIpc) is 2.88. The lowest BCUT2D eigenvalue weighted by atomic mass is 9.75. The summed E-state index contributed by atoms with van der Waals surface area (Å²) in [6.07, 6.45) is 0. The molecular weight excluding hydrogens is 545 g/mol. The van der Waals surface area contributed by atoms with Gasteiger partial charge in [-0.05, 0) is 69.3 Å². The van der Waals surface area contributed by atoms with Crippen LogP contribution < -0.4 is 0 Å². The zero-order chi connectivity index (χ0) is 30.4. The van der Waals surface area contributed by atoms with E-state index < -0.39 is 31.0 Å². The maximum atomic E-state index is 13.6. The quantitative estimate of drug-likeness (QED) is 0.236. The molecule has 0 unspecified atom stereocenters. The second-order valence-corrected chi connectivity index (χ2v) is 18.2. The van der Waals surface area contributed by atoms with Gasteiger partial charge in [-0.15, -0.1) is 10.0 Å². The summed E-state index contributed by atoms with van der Waals surface area (Å²) in [7, 11) is -6.87. The van der Waals surface area contributed by atoms with Crippen molar-refractivity contribution in [3.8, 4) is 0 Å². The predicted octanol–water partition coefficient (Wildman–Crippen LogP) is 10.2. The van der Waals surface area contributed by atoms with Gasteiger partial charge in [-0.25, -0.2) is 0 Å². The lowest BCUT2D eigenvalue weighted by molar-refractivity contribution is 0.459. The first kappa shape index (κ1) is 31.1. The molecule has 3 nitrogen and oxygen atoms in total. The fourth-order valence-corrected chi connectivity index (χ4v) is 11.7. The van der Waals surface area contributed by atoms with E-state index in [1.165, 1.54) is 0 Å². The second-order valence-electron chi connectivity index (χ2n) is 13.8. The molecule has 0 atom stereocenters. The highest BCUT2D eigenvalue weighted by Gasteiger charge is 2.45. The lowest BCUT2D eigenvalue weighted by Crippen LogP contribution is -2.30. The summed E-state index contributed by atoms with van der Waals surface area (Å²) in [4.78, 5) is 4.36. The standard InChI is InChI=1S/C36H44O3S2/c1-34(2,3)29-25-30(35(4,5)6)33(41(37,38)39)31(36(7,8)9)32(29)40(26-19-13-10-14-20-26,27-21-15-11-16-22-27)28-23-17-12-18-24-28/h10-25H,1-9H3,(H,37,38,39). The van der Waals surface area contributed by atoms with Crippen LogP contribution in [0.2, 0.25) is 0 Å². The van der Waals surface area contributed by atoms with Gasteiger partial charge >= 0.3 is 0 Å². The van der Waals surface area contributed by atoms with Crippen LogP contribution in [0, 0.1) is 0 Å². The van der Waals surface area contributed by atoms with Gasteiger partial charge in [0.05, 0.1) is 0 Å². The van der Waals surface area contributed by atoms with Gasteiger partial charge in [0, 0.05) is 19.6 Å². The molecule has 0 saturated heterocycles. The first-order valence-corrected chi connectivity index (χ1v) is 17.2. The molecule has 218 valence electrons. The molecule has 5 heteroatoms. The number of rotatable bonds is 5. The molecule has 0 aromatic heterocycles. The molecule has 0 amide bonds. The van der Waals surface area contributed by atoms with Crippen molar-refractivity contribution in [1.82, 2.24) is 0 Å². The SMILES string of the molecule is CC(C)(C)c1cc(C(C)(C)C)c(S(=O)(=O)O)c(C(C)(C)C)c1S(c1ccccc1)(c1ccccc1)c1ccccc1. The molecule has 0 aliphatic heterocycles. The van der Waals surface area contributed by atoms with E-state index in [0.29, 0.717) is 11.1 Å². The largest absolute Gasteiger partial charge is 0.295 e. The van der Waals surface area contributed by atoms with Gasteiger partial charge in [-0.2, -0.15) is 8.42 Å². The van der Waals surface area contributed by atoms with E-state index in [4.69, 9.17) is 0 Å². The monoisotopic (exact) mass is 588 g/mol. The summed E-state index contributed by atoms with van der Waals surface area (Å²) in [5.74, 6) is 0. The van der Waals surface area contributed by atoms with Crippen LogP contribution in [0.4, 0.5) is 0 Å². The molecule has 4 aromatic carbocycles. The number of hydrogen-bond donors (Lipinski definition) is 1. The molecule has 0 radical (unpaired) electrons. The summed E-state index contributed by atoms with van der Waals surface area (Å²) in [5.41, 5.74) is 0.909. The van der Waals surface area contributed by atoms with E-state index in [1.807, 2.05) is 39.0 Å². The molecule has 0 aliphatic carbocycles. The third kappa shape index (κ3) is 5.77. The predicted molar refractivity (Wildman–Crippen MR) is 172 cm³/mol. The van der Waals surface area contributed by atoms with Crippen LogP contribution in [0.15, 0.2) is 122 Å². The number of benzene rings is 4. The third-order valence-corrected chi connectivity index (χ3v) is 12.4. The summed E-state index contributed by atoms with van der Waals surface area (Å²) >= 11 is 0. The van der Waals surface area contributed by atoms with Gasteiger partial charge in [0.15, 0.2) is 0 Å². The first-order chi connectivity index (χ1) is 18.9. The van der Waals surface area contributed by atoms with E-state index >= 15 is 0 Å². The summed E-state index contributed by atoms with van der Waals surface area (Å²) < 4.78 is 38.2. The van der Waals surface area contributed by atoms with Gasteiger partial charge in [-0.1, -0.05) is 123 Å². The zero-order valence-electron chi connectivity index (χ0n) is 25.8. The Labute approximate surface area is 249 Å². The summed E-state index contributed by atoms with van der Waals surface area (Å²) in [6.45, 7) is 18.8. The minimum atomic E-state index is -4.61. The second kappa shape index (κ2) is 10.8. The molecule has 4 aromatic rings. The van der Waals surface area contributed by atoms with Crippen LogP contribution >= 0.6 is 10.0 Å². The van der Waals surface area contributed by atoms with Crippen LogP contribution in [-0.4, -0.2) is 13.0 Å². The molecule has 41 heavy (non-hydrogen) atoms. The molecule has 0 heterocycles. The minimum absolute atomic E-state index is 0.0418.